The van der Waals surface area contributed by atoms with Crippen molar-refractivity contribution in [1.29, 1.82) is 0 Å². The molecule has 8 nitrogen and oxygen atoms in total. The van der Waals surface area contributed by atoms with Crippen LogP contribution in [0.1, 0.15) is 5.56 Å². The molecule has 0 heterocycles. The molecule has 9 heteroatoms. The van der Waals surface area contributed by atoms with Crippen molar-refractivity contribution in [2.75, 3.05) is 26.0 Å². The van der Waals surface area contributed by atoms with Gasteiger partial charge in [0.1, 0.15) is 5.75 Å². The number of nitrogens with zero attached hydrogens (tertiary/aromatic N) is 1. The molecule has 0 saturated carbocycles. The number of carbonyl (C=O) groups is 2. The van der Waals surface area contributed by atoms with Gasteiger partial charge in [0, 0.05) is 12.6 Å². The number of nitro groups is 1. The van der Waals surface area contributed by atoms with Gasteiger partial charge < -0.3 is 14.8 Å². The number of nitrogens with one attached hydrogen (secondary N) is 1. The van der Waals surface area contributed by atoms with E-state index in [0.717, 1.165) is 23.1 Å². The molecule has 0 radical (unpaired) electrons. The summed E-state index contributed by atoms with van der Waals surface area (Å²) in [4.78, 5) is 34.4. The molecule has 28 heavy (non-hydrogen) atoms. The van der Waals surface area contributed by atoms with Crippen LogP contribution in [0.25, 0.3) is 0 Å². The molecule has 0 unspecified atom stereocenters. The van der Waals surface area contributed by atoms with E-state index in [-0.39, 0.29) is 11.4 Å². The number of nitro benzene ring substituents is 1. The summed E-state index contributed by atoms with van der Waals surface area (Å²) in [7, 11) is 1.58. The van der Waals surface area contributed by atoms with Gasteiger partial charge in [0.2, 0.25) is 0 Å². The van der Waals surface area contributed by atoms with Gasteiger partial charge in [-0.2, -0.15) is 0 Å². The minimum absolute atomic E-state index is 0.0746. The fraction of sp³-hybridized carbons (Fsp3) is 0.263. The van der Waals surface area contributed by atoms with Crippen LogP contribution in [0, 0.1) is 10.1 Å². The molecule has 0 bridgehead atoms. The maximum atomic E-state index is 11.8. The molecule has 1 N–H and O–H groups in total. The molecular formula is C19H20N2O6S. The van der Waals surface area contributed by atoms with Gasteiger partial charge in [-0.3, -0.25) is 19.7 Å². The number of rotatable bonds is 10. The number of ether oxygens (including phenoxy) is 2. The molecule has 0 aromatic heterocycles. The van der Waals surface area contributed by atoms with E-state index in [4.69, 9.17) is 9.47 Å². The summed E-state index contributed by atoms with van der Waals surface area (Å²) in [6, 6.07) is 13.6. The van der Waals surface area contributed by atoms with Crippen LogP contribution in [0.15, 0.2) is 53.4 Å². The van der Waals surface area contributed by atoms with Gasteiger partial charge in [0.05, 0.1) is 22.7 Å². The van der Waals surface area contributed by atoms with Crippen LogP contribution in [-0.4, -0.2) is 42.8 Å². The monoisotopic (exact) mass is 404 g/mol. The first-order chi connectivity index (χ1) is 13.5. The molecule has 0 aliphatic rings. The van der Waals surface area contributed by atoms with Gasteiger partial charge >= 0.3 is 5.97 Å². The van der Waals surface area contributed by atoms with E-state index in [1.807, 2.05) is 24.3 Å². The Balaban J connectivity index is 1.70. The second-order valence-corrected chi connectivity index (χ2v) is 6.60. The first-order valence-electron chi connectivity index (χ1n) is 8.41. The van der Waals surface area contributed by atoms with Crippen molar-refractivity contribution in [2.24, 2.45) is 0 Å². The highest BCUT2D eigenvalue weighted by Gasteiger charge is 2.15. The van der Waals surface area contributed by atoms with E-state index in [0.29, 0.717) is 17.9 Å². The van der Waals surface area contributed by atoms with Gasteiger partial charge in [-0.05, 0) is 24.1 Å². The lowest BCUT2D eigenvalue weighted by molar-refractivity contribution is -0.387. The van der Waals surface area contributed by atoms with Crippen molar-refractivity contribution < 1.29 is 24.0 Å². The summed E-state index contributed by atoms with van der Waals surface area (Å²) in [5, 5.41) is 13.6. The van der Waals surface area contributed by atoms with Crippen molar-refractivity contribution in [3.63, 3.8) is 0 Å². The molecule has 2 rings (SSSR count). The number of benzene rings is 2. The molecule has 1 amide bonds. The van der Waals surface area contributed by atoms with E-state index in [9.17, 15) is 19.7 Å². The third kappa shape index (κ3) is 6.58. The number of thioether (sulfide) groups is 1. The van der Waals surface area contributed by atoms with E-state index in [2.05, 4.69) is 5.32 Å². The Morgan fingerprint density at radius 1 is 1.14 bits per heavy atom. The summed E-state index contributed by atoms with van der Waals surface area (Å²) in [5.41, 5.74) is 0.887. The SMILES string of the molecule is COc1ccccc1CCNC(=O)COC(=O)CSc1ccccc1[N+](=O)[O-]. The van der Waals surface area contributed by atoms with Crippen LogP contribution in [-0.2, 0) is 20.7 Å². The molecule has 0 spiro atoms. The number of methoxy groups -OCH3 is 1. The fourth-order valence-corrected chi connectivity index (χ4v) is 3.17. The Hall–Kier alpha value is -3.07. The van der Waals surface area contributed by atoms with Gasteiger partial charge in [0.25, 0.3) is 11.6 Å². The first-order valence-corrected chi connectivity index (χ1v) is 9.40. The van der Waals surface area contributed by atoms with Gasteiger partial charge in [-0.1, -0.05) is 30.3 Å². The predicted octanol–water partition coefficient (Wildman–Crippen LogP) is 2.60. The Morgan fingerprint density at radius 2 is 1.86 bits per heavy atom. The second-order valence-electron chi connectivity index (χ2n) is 5.59. The Kier molecular flexibility index (Phi) is 8.29. The minimum Gasteiger partial charge on any atom is -0.496 e. The molecule has 148 valence electrons. The number of carbonyl (C=O) groups excluding carboxylic acids is 2. The lowest BCUT2D eigenvalue weighted by Gasteiger charge is -2.09. The predicted molar refractivity (Wildman–Crippen MR) is 104 cm³/mol. The maximum Gasteiger partial charge on any atom is 0.316 e. The van der Waals surface area contributed by atoms with Crippen LogP contribution in [0.2, 0.25) is 0 Å². The molecule has 0 aliphatic carbocycles. The third-order valence-electron chi connectivity index (χ3n) is 3.68. The number of hydrogen-bond acceptors (Lipinski definition) is 7. The summed E-state index contributed by atoms with van der Waals surface area (Å²) in [5.74, 6) is -0.420. The molecule has 0 saturated heterocycles. The van der Waals surface area contributed by atoms with Crippen LogP contribution in [0.5, 0.6) is 5.75 Å². The maximum absolute atomic E-state index is 11.8. The summed E-state index contributed by atoms with van der Waals surface area (Å²) >= 11 is 0.993. The Bertz CT molecular complexity index is 843. The molecule has 2 aromatic carbocycles. The molecule has 0 aliphatic heterocycles. The summed E-state index contributed by atoms with van der Waals surface area (Å²) in [6.45, 7) is -0.0239. The fourth-order valence-electron chi connectivity index (χ4n) is 2.35. The van der Waals surface area contributed by atoms with Crippen molar-refractivity contribution in [3.8, 4) is 5.75 Å². The highest BCUT2D eigenvalue weighted by atomic mass is 32.2. The normalized spacial score (nSPS) is 10.2. The van der Waals surface area contributed by atoms with Crippen LogP contribution >= 0.6 is 11.8 Å². The average Bonchev–Trinajstić information content (AvgIpc) is 2.71. The minimum atomic E-state index is -0.622. The van der Waals surface area contributed by atoms with Gasteiger partial charge in [-0.15, -0.1) is 11.8 Å². The van der Waals surface area contributed by atoms with Crippen molar-refractivity contribution in [3.05, 3.63) is 64.2 Å². The number of esters is 1. The number of hydrogen-bond donors (Lipinski definition) is 1. The molecule has 0 atom stereocenters. The van der Waals surface area contributed by atoms with Crippen LogP contribution < -0.4 is 10.1 Å². The quantitative estimate of drug-likeness (QED) is 0.281. The van der Waals surface area contributed by atoms with E-state index in [1.165, 1.54) is 6.07 Å². The second kappa shape index (κ2) is 10.9. The zero-order valence-electron chi connectivity index (χ0n) is 15.3. The van der Waals surface area contributed by atoms with Gasteiger partial charge in [0.15, 0.2) is 6.61 Å². The van der Waals surface area contributed by atoms with Crippen molar-refractivity contribution >= 4 is 29.3 Å². The highest BCUT2D eigenvalue weighted by Crippen LogP contribution is 2.28. The van der Waals surface area contributed by atoms with Crippen molar-refractivity contribution in [1.82, 2.24) is 5.32 Å². The Morgan fingerprint density at radius 3 is 2.61 bits per heavy atom. The van der Waals surface area contributed by atoms with Crippen molar-refractivity contribution in [2.45, 2.75) is 11.3 Å². The lowest BCUT2D eigenvalue weighted by Crippen LogP contribution is -2.30. The molecule has 0 fully saturated rings. The largest absolute Gasteiger partial charge is 0.496 e. The highest BCUT2D eigenvalue weighted by molar-refractivity contribution is 8.00. The lowest BCUT2D eigenvalue weighted by atomic mass is 10.1. The topological polar surface area (TPSA) is 108 Å². The Labute approximate surface area is 166 Å². The van der Waals surface area contributed by atoms with E-state index in [1.54, 1.807) is 25.3 Å². The van der Waals surface area contributed by atoms with E-state index < -0.39 is 23.4 Å². The number of amides is 1. The average molecular weight is 404 g/mol. The van der Waals surface area contributed by atoms with Crippen LogP contribution in [0.4, 0.5) is 5.69 Å². The zero-order chi connectivity index (χ0) is 20.4. The van der Waals surface area contributed by atoms with E-state index >= 15 is 0 Å². The molecular weight excluding hydrogens is 384 g/mol. The summed E-state index contributed by atoms with van der Waals surface area (Å²) in [6.07, 6.45) is 0.581. The number of para-hydroxylation sites is 2. The van der Waals surface area contributed by atoms with Gasteiger partial charge in [-0.25, -0.2) is 0 Å². The smallest absolute Gasteiger partial charge is 0.316 e. The summed E-state index contributed by atoms with van der Waals surface area (Å²) < 4.78 is 10.1. The zero-order valence-corrected chi connectivity index (χ0v) is 16.1. The standard InChI is InChI=1S/C19H20N2O6S/c1-26-16-8-4-2-6-14(16)10-11-20-18(22)12-27-19(23)13-28-17-9-5-3-7-15(17)21(24)25/h2-9H,10-13H2,1H3,(H,20,22). The molecule has 2 aromatic rings. The first kappa shape index (κ1) is 21.2. The van der Waals surface area contributed by atoms with Crippen LogP contribution in [0.3, 0.4) is 0 Å². The third-order valence-corrected chi connectivity index (χ3v) is 4.72.